The highest BCUT2D eigenvalue weighted by molar-refractivity contribution is 8.23. The van der Waals surface area contributed by atoms with Crippen LogP contribution in [0, 0.1) is 0 Å². The molecule has 1 amide bonds. The Balaban J connectivity index is 2.89. The minimum Gasteiger partial charge on any atom is -0.291 e. The molecule has 1 fully saturated rings. The zero-order valence-electron chi connectivity index (χ0n) is 6.88. The second kappa shape index (κ2) is 2.75. The Kier molecular flexibility index (Phi) is 2.25. The molecule has 0 spiro atoms. The number of rotatable bonds is 0. The van der Waals surface area contributed by atoms with Crippen molar-refractivity contribution < 1.29 is 4.79 Å². The van der Waals surface area contributed by atoms with Crippen LogP contribution in [0.4, 0.5) is 0 Å². The first-order valence-corrected chi connectivity index (χ1v) is 4.82. The van der Waals surface area contributed by atoms with E-state index >= 15 is 0 Å². The van der Waals surface area contributed by atoms with Crippen molar-refractivity contribution in [2.24, 2.45) is 0 Å². The van der Waals surface area contributed by atoms with Gasteiger partial charge in [0.05, 0.1) is 5.54 Å². The first kappa shape index (κ1) is 9.00. The predicted octanol–water partition coefficient (Wildman–Crippen LogP) is 1.65. The summed E-state index contributed by atoms with van der Waals surface area (Å²) < 4.78 is 0.711. The number of thioether (sulfide) groups is 1. The lowest BCUT2D eigenvalue weighted by molar-refractivity contribution is -0.127. The topological polar surface area (TPSA) is 20.3 Å². The lowest BCUT2D eigenvalue weighted by Gasteiger charge is -2.28. The molecule has 1 saturated heterocycles. The molecule has 62 valence electrons. The highest BCUT2D eigenvalue weighted by Crippen LogP contribution is 2.32. The zero-order chi connectivity index (χ0) is 8.65. The molecule has 0 bridgehead atoms. The first-order valence-electron chi connectivity index (χ1n) is 3.43. The average Bonchev–Trinajstić information content (AvgIpc) is 2.06. The minimum absolute atomic E-state index is 0.0463. The van der Waals surface area contributed by atoms with E-state index < -0.39 is 0 Å². The quantitative estimate of drug-likeness (QED) is 0.428. The van der Waals surface area contributed by atoms with E-state index in [1.54, 1.807) is 23.6 Å². The van der Waals surface area contributed by atoms with Crippen LogP contribution in [-0.2, 0) is 4.79 Å². The molecule has 0 aromatic heterocycles. The number of hydrogen-bond acceptors (Lipinski definition) is 3. The Bertz CT molecular complexity index is 212. The van der Waals surface area contributed by atoms with Crippen LogP contribution in [0.1, 0.15) is 20.8 Å². The van der Waals surface area contributed by atoms with Gasteiger partial charge in [0.15, 0.2) is 0 Å². The zero-order valence-corrected chi connectivity index (χ0v) is 8.51. The number of thiocarbonyl (C=S) groups is 1. The van der Waals surface area contributed by atoms with Crippen molar-refractivity contribution >= 4 is 34.2 Å². The Morgan fingerprint density at radius 1 is 1.73 bits per heavy atom. The fraction of sp³-hybridized carbons (Fsp3) is 0.714. The van der Waals surface area contributed by atoms with Crippen LogP contribution in [0.2, 0.25) is 0 Å². The van der Waals surface area contributed by atoms with Gasteiger partial charge in [-0.3, -0.25) is 9.69 Å². The third-order valence-corrected chi connectivity index (χ3v) is 3.47. The van der Waals surface area contributed by atoms with Gasteiger partial charge in [-0.25, -0.2) is 0 Å². The van der Waals surface area contributed by atoms with Gasteiger partial charge < -0.3 is 0 Å². The van der Waals surface area contributed by atoms with Gasteiger partial charge in [-0.05, 0) is 13.8 Å². The largest absolute Gasteiger partial charge is 0.291 e. The summed E-state index contributed by atoms with van der Waals surface area (Å²) in [5.74, 6) is 0.954. The standard InChI is InChI=1S/C7H11NOS2/c1-5(9)8-6(10)11-4-7(8,2)3/h4H2,1-3H3/i8+1. The smallest absolute Gasteiger partial charge is 0.225 e. The Morgan fingerprint density at radius 3 is 2.45 bits per heavy atom. The van der Waals surface area contributed by atoms with E-state index in [2.05, 4.69) is 0 Å². The van der Waals surface area contributed by atoms with E-state index in [9.17, 15) is 4.79 Å². The molecular weight excluding hydrogens is 179 g/mol. The average molecular weight is 190 g/mol. The van der Waals surface area contributed by atoms with Crippen molar-refractivity contribution in [3.63, 3.8) is 0 Å². The van der Waals surface area contributed by atoms with Crippen molar-refractivity contribution in [1.29, 1.82) is 0 Å². The van der Waals surface area contributed by atoms with Crippen molar-refractivity contribution in [1.82, 2.24) is 4.90 Å². The summed E-state index contributed by atoms with van der Waals surface area (Å²) in [6.07, 6.45) is 0. The van der Waals surface area contributed by atoms with Gasteiger partial charge in [-0.1, -0.05) is 24.0 Å². The van der Waals surface area contributed by atoms with Crippen molar-refractivity contribution in [2.75, 3.05) is 5.75 Å². The summed E-state index contributed by atoms with van der Waals surface area (Å²) in [5, 5.41) is 0. The number of carbonyl (C=O) groups is 1. The Morgan fingerprint density at radius 2 is 2.27 bits per heavy atom. The summed E-state index contributed by atoms with van der Waals surface area (Å²) in [5.41, 5.74) is -0.0897. The van der Waals surface area contributed by atoms with Gasteiger partial charge in [0.2, 0.25) is 5.91 Å². The summed E-state index contributed by atoms with van der Waals surface area (Å²) >= 11 is 6.61. The van der Waals surface area contributed by atoms with Gasteiger partial charge in [0, 0.05) is 12.7 Å². The maximum atomic E-state index is 11.1. The van der Waals surface area contributed by atoms with Crippen LogP contribution < -0.4 is 0 Å². The van der Waals surface area contributed by atoms with Gasteiger partial charge in [-0.15, -0.1) is 0 Å². The molecular formula is C7H11NOS2. The molecule has 1 heterocycles. The van der Waals surface area contributed by atoms with Crippen LogP contribution in [0.15, 0.2) is 0 Å². The molecule has 4 heteroatoms. The van der Waals surface area contributed by atoms with Crippen molar-refractivity contribution in [2.45, 2.75) is 26.3 Å². The maximum absolute atomic E-state index is 11.1. The predicted molar refractivity (Wildman–Crippen MR) is 51.7 cm³/mol. The summed E-state index contributed by atoms with van der Waals surface area (Å²) in [4.78, 5) is 12.8. The minimum atomic E-state index is -0.0897. The first-order chi connectivity index (χ1) is 4.95. The number of hydrogen-bond donors (Lipinski definition) is 0. The molecule has 0 atom stereocenters. The fourth-order valence-electron chi connectivity index (χ4n) is 1.17. The summed E-state index contributed by atoms with van der Waals surface area (Å²) in [6.45, 7) is 5.61. The Hall–Kier alpha value is -0.0900. The molecule has 1 aliphatic heterocycles. The van der Waals surface area contributed by atoms with Crippen LogP contribution in [-0.4, -0.2) is 26.4 Å². The number of nitrogens with zero attached hydrogens (tertiary/aromatic N) is 1. The SMILES string of the molecule is CC(=O)[15N]1C(=S)SCC1(C)C. The summed E-state index contributed by atoms with van der Waals surface area (Å²) in [6, 6.07) is 0. The fourth-order valence-corrected chi connectivity index (χ4v) is 2.83. The van der Waals surface area contributed by atoms with Gasteiger partial charge in [-0.2, -0.15) is 0 Å². The molecule has 1 rings (SSSR count). The van der Waals surface area contributed by atoms with Gasteiger partial charge in [0.1, 0.15) is 4.32 Å². The lowest BCUT2D eigenvalue weighted by atomic mass is 10.1. The highest BCUT2D eigenvalue weighted by Gasteiger charge is 2.38. The maximum Gasteiger partial charge on any atom is 0.225 e. The van der Waals surface area contributed by atoms with E-state index in [0.717, 1.165) is 5.75 Å². The molecule has 0 aromatic carbocycles. The number of amides is 1. The number of carbonyl (C=O) groups excluding carboxylic acids is 1. The normalized spacial score (nSPS) is 22.5. The van der Waals surface area contributed by atoms with E-state index in [4.69, 9.17) is 12.2 Å². The molecule has 0 N–H and O–H groups in total. The molecule has 0 saturated carbocycles. The van der Waals surface area contributed by atoms with E-state index in [1.807, 2.05) is 13.8 Å². The van der Waals surface area contributed by atoms with Crippen LogP contribution in [0.3, 0.4) is 0 Å². The third-order valence-electron chi connectivity index (χ3n) is 1.65. The van der Waals surface area contributed by atoms with Crippen molar-refractivity contribution in [3.8, 4) is 0 Å². The van der Waals surface area contributed by atoms with Crippen LogP contribution >= 0.6 is 24.0 Å². The molecule has 11 heavy (non-hydrogen) atoms. The van der Waals surface area contributed by atoms with Crippen LogP contribution in [0.25, 0.3) is 0 Å². The van der Waals surface area contributed by atoms with E-state index in [1.165, 1.54) is 0 Å². The monoisotopic (exact) mass is 190 g/mol. The van der Waals surface area contributed by atoms with E-state index in [0.29, 0.717) is 4.32 Å². The molecule has 0 aliphatic carbocycles. The Labute approximate surface area is 76.3 Å². The second-order valence-electron chi connectivity index (χ2n) is 3.22. The highest BCUT2D eigenvalue weighted by atomic mass is 32.2. The van der Waals surface area contributed by atoms with Crippen LogP contribution in [0.5, 0.6) is 0 Å². The molecule has 2 nitrogen and oxygen atoms in total. The molecule has 0 aromatic rings. The third kappa shape index (κ3) is 1.56. The lowest BCUT2D eigenvalue weighted by Crippen LogP contribution is -2.44. The van der Waals surface area contributed by atoms with Gasteiger partial charge in [0.25, 0.3) is 0 Å². The van der Waals surface area contributed by atoms with Crippen molar-refractivity contribution in [3.05, 3.63) is 0 Å². The molecule has 0 radical (unpaired) electrons. The second-order valence-corrected chi connectivity index (χ2v) is 4.83. The van der Waals surface area contributed by atoms with E-state index in [-0.39, 0.29) is 11.4 Å². The molecule has 0 unspecified atom stereocenters. The summed E-state index contributed by atoms with van der Waals surface area (Å²) in [7, 11) is 0. The van der Waals surface area contributed by atoms with Gasteiger partial charge >= 0.3 is 0 Å². The molecule has 1 aliphatic rings.